The zero-order valence-corrected chi connectivity index (χ0v) is 19.0. The maximum Gasteiger partial charge on any atom is 0.243 e. The van der Waals surface area contributed by atoms with E-state index in [1.54, 1.807) is 36.4 Å². The summed E-state index contributed by atoms with van der Waals surface area (Å²) in [5.74, 6) is -0.457. The third kappa shape index (κ3) is 5.47. The lowest BCUT2D eigenvalue weighted by Gasteiger charge is -2.33. The van der Waals surface area contributed by atoms with Crippen LogP contribution in [0.2, 0.25) is 0 Å². The Morgan fingerprint density at radius 3 is 2.37 bits per heavy atom. The van der Waals surface area contributed by atoms with E-state index in [0.717, 1.165) is 22.9 Å². The van der Waals surface area contributed by atoms with Crippen LogP contribution < -0.4 is 10.6 Å². The number of carbonyl (C=O) groups is 2. The van der Waals surface area contributed by atoms with Gasteiger partial charge in [0.15, 0.2) is 0 Å². The van der Waals surface area contributed by atoms with Crippen molar-refractivity contribution in [2.24, 2.45) is 0 Å². The van der Waals surface area contributed by atoms with Crippen molar-refractivity contribution in [2.75, 3.05) is 11.9 Å². The van der Waals surface area contributed by atoms with Gasteiger partial charge in [-0.1, -0.05) is 34.5 Å². The number of halogens is 1. The van der Waals surface area contributed by atoms with Crippen molar-refractivity contribution in [3.8, 4) is 0 Å². The molecule has 1 saturated heterocycles. The predicted octanol–water partition coefficient (Wildman–Crippen LogP) is 3.27. The number of carbonyl (C=O) groups excluding carboxylic acids is 2. The van der Waals surface area contributed by atoms with E-state index in [4.69, 9.17) is 0 Å². The number of benzene rings is 2. The molecule has 1 atom stereocenters. The molecule has 0 aliphatic carbocycles. The van der Waals surface area contributed by atoms with Crippen LogP contribution in [0.25, 0.3) is 0 Å². The number of rotatable bonds is 6. The molecule has 2 N–H and O–H groups in total. The molecule has 160 valence electrons. The van der Waals surface area contributed by atoms with Crippen LogP contribution in [0.5, 0.6) is 0 Å². The van der Waals surface area contributed by atoms with E-state index in [0.29, 0.717) is 18.7 Å². The van der Waals surface area contributed by atoms with E-state index in [9.17, 15) is 18.0 Å². The van der Waals surface area contributed by atoms with E-state index in [2.05, 4.69) is 26.6 Å². The molecule has 1 heterocycles. The quantitative estimate of drug-likeness (QED) is 0.645. The standard InChI is InChI=1S/C21H24BrN3O4S/c1-15(26)24-18-9-5-16(6-10-18)14-23-21(27)20-4-2-3-13-25(20)30(28,29)19-11-7-17(22)8-12-19/h5-12,20H,2-4,13-14H2,1H3,(H,23,27)(H,24,26)/t20-/m1/s1. The first-order chi connectivity index (χ1) is 14.3. The van der Waals surface area contributed by atoms with Gasteiger partial charge in [0.25, 0.3) is 0 Å². The highest BCUT2D eigenvalue weighted by Crippen LogP contribution is 2.26. The van der Waals surface area contributed by atoms with Crippen LogP contribution in [-0.2, 0) is 26.2 Å². The van der Waals surface area contributed by atoms with E-state index in [1.807, 2.05) is 12.1 Å². The van der Waals surface area contributed by atoms with Gasteiger partial charge in [-0.2, -0.15) is 4.31 Å². The van der Waals surface area contributed by atoms with Gasteiger partial charge in [-0.3, -0.25) is 9.59 Å². The minimum atomic E-state index is -3.76. The topological polar surface area (TPSA) is 95.6 Å². The van der Waals surface area contributed by atoms with Crippen molar-refractivity contribution >= 4 is 43.5 Å². The molecule has 0 aromatic heterocycles. The third-order valence-corrected chi connectivity index (χ3v) is 7.37. The van der Waals surface area contributed by atoms with Gasteiger partial charge in [0.2, 0.25) is 21.8 Å². The number of nitrogens with one attached hydrogen (secondary N) is 2. The summed E-state index contributed by atoms with van der Waals surface area (Å²) in [7, 11) is -3.76. The smallest absolute Gasteiger partial charge is 0.243 e. The molecule has 0 radical (unpaired) electrons. The molecule has 1 fully saturated rings. The molecule has 0 bridgehead atoms. The maximum absolute atomic E-state index is 13.1. The van der Waals surface area contributed by atoms with Crippen LogP contribution in [-0.4, -0.2) is 37.1 Å². The third-order valence-electron chi connectivity index (χ3n) is 4.92. The lowest BCUT2D eigenvalue weighted by molar-refractivity contribution is -0.125. The molecule has 2 aromatic carbocycles. The summed E-state index contributed by atoms with van der Waals surface area (Å²) in [6.07, 6.45) is 2.02. The fourth-order valence-electron chi connectivity index (χ4n) is 3.41. The highest BCUT2D eigenvalue weighted by Gasteiger charge is 2.37. The van der Waals surface area contributed by atoms with Crippen molar-refractivity contribution < 1.29 is 18.0 Å². The van der Waals surface area contributed by atoms with Crippen LogP contribution in [0.1, 0.15) is 31.7 Å². The SMILES string of the molecule is CC(=O)Nc1ccc(CNC(=O)[C@H]2CCCCN2S(=O)(=O)c2ccc(Br)cc2)cc1. The minimum absolute atomic E-state index is 0.152. The summed E-state index contributed by atoms with van der Waals surface area (Å²) in [4.78, 5) is 24.1. The molecule has 7 nitrogen and oxygen atoms in total. The molecule has 3 rings (SSSR count). The van der Waals surface area contributed by atoms with Gasteiger partial charge in [-0.15, -0.1) is 0 Å². The average Bonchev–Trinajstić information content (AvgIpc) is 2.73. The van der Waals surface area contributed by atoms with E-state index in [-0.39, 0.29) is 23.3 Å². The number of anilines is 1. The largest absolute Gasteiger partial charge is 0.351 e. The normalized spacial score (nSPS) is 17.3. The Balaban J connectivity index is 1.69. The van der Waals surface area contributed by atoms with Gasteiger partial charge in [0.05, 0.1) is 4.90 Å². The van der Waals surface area contributed by atoms with Crippen LogP contribution in [0.4, 0.5) is 5.69 Å². The molecular weight excluding hydrogens is 470 g/mol. The number of nitrogens with zero attached hydrogens (tertiary/aromatic N) is 1. The Bertz CT molecular complexity index is 1010. The summed E-state index contributed by atoms with van der Waals surface area (Å²) in [5, 5.41) is 5.54. The lowest BCUT2D eigenvalue weighted by Crippen LogP contribution is -2.51. The van der Waals surface area contributed by atoms with Crippen LogP contribution in [0, 0.1) is 0 Å². The first-order valence-electron chi connectivity index (χ1n) is 9.69. The van der Waals surface area contributed by atoms with Gasteiger partial charge in [-0.25, -0.2) is 8.42 Å². The van der Waals surface area contributed by atoms with E-state index in [1.165, 1.54) is 11.2 Å². The van der Waals surface area contributed by atoms with Crippen LogP contribution in [0.15, 0.2) is 57.9 Å². The van der Waals surface area contributed by atoms with Crippen LogP contribution in [0.3, 0.4) is 0 Å². The molecule has 1 aliphatic heterocycles. The summed E-state index contributed by atoms with van der Waals surface area (Å²) in [5.41, 5.74) is 1.53. The number of amides is 2. The Morgan fingerprint density at radius 2 is 1.73 bits per heavy atom. The van der Waals surface area contributed by atoms with E-state index >= 15 is 0 Å². The van der Waals surface area contributed by atoms with Crippen molar-refractivity contribution in [3.05, 3.63) is 58.6 Å². The molecular formula is C21H24BrN3O4S. The molecule has 9 heteroatoms. The van der Waals surface area contributed by atoms with Gasteiger partial charge < -0.3 is 10.6 Å². The molecule has 2 aromatic rings. The first-order valence-corrected chi connectivity index (χ1v) is 11.9. The Morgan fingerprint density at radius 1 is 1.07 bits per heavy atom. The monoisotopic (exact) mass is 493 g/mol. The second-order valence-electron chi connectivity index (χ2n) is 7.18. The predicted molar refractivity (Wildman–Crippen MR) is 118 cm³/mol. The van der Waals surface area contributed by atoms with Gasteiger partial charge in [-0.05, 0) is 54.8 Å². The van der Waals surface area contributed by atoms with Gasteiger partial charge in [0, 0.05) is 30.2 Å². The number of sulfonamides is 1. The van der Waals surface area contributed by atoms with Crippen molar-refractivity contribution in [3.63, 3.8) is 0 Å². The first kappa shape index (κ1) is 22.5. The zero-order valence-electron chi connectivity index (χ0n) is 16.6. The molecule has 0 saturated carbocycles. The summed E-state index contributed by atoms with van der Waals surface area (Å²) in [6.45, 7) is 2.04. The van der Waals surface area contributed by atoms with E-state index < -0.39 is 16.1 Å². The Hall–Kier alpha value is -2.23. The second-order valence-corrected chi connectivity index (χ2v) is 9.98. The highest BCUT2D eigenvalue weighted by atomic mass is 79.9. The molecule has 0 spiro atoms. The maximum atomic E-state index is 13.1. The average molecular weight is 494 g/mol. The number of piperidine rings is 1. The van der Waals surface area contributed by atoms with Gasteiger partial charge in [0.1, 0.15) is 6.04 Å². The zero-order chi connectivity index (χ0) is 21.7. The Kier molecular flexibility index (Phi) is 7.27. The lowest BCUT2D eigenvalue weighted by atomic mass is 10.0. The van der Waals surface area contributed by atoms with Crippen molar-refractivity contribution in [2.45, 2.75) is 43.7 Å². The molecule has 30 heavy (non-hydrogen) atoms. The summed E-state index contributed by atoms with van der Waals surface area (Å²) < 4.78 is 28.3. The molecule has 1 aliphatic rings. The minimum Gasteiger partial charge on any atom is -0.351 e. The van der Waals surface area contributed by atoms with Crippen molar-refractivity contribution in [1.29, 1.82) is 0 Å². The summed E-state index contributed by atoms with van der Waals surface area (Å²) in [6, 6.07) is 12.8. The fraction of sp³-hybridized carbons (Fsp3) is 0.333. The number of hydrogen-bond donors (Lipinski definition) is 2. The van der Waals surface area contributed by atoms with Crippen LogP contribution >= 0.6 is 15.9 Å². The second kappa shape index (κ2) is 9.72. The highest BCUT2D eigenvalue weighted by molar-refractivity contribution is 9.10. The summed E-state index contributed by atoms with van der Waals surface area (Å²) >= 11 is 3.31. The Labute approximate surface area is 185 Å². The van der Waals surface area contributed by atoms with Gasteiger partial charge >= 0.3 is 0 Å². The number of hydrogen-bond acceptors (Lipinski definition) is 4. The molecule has 2 amide bonds. The van der Waals surface area contributed by atoms with Crippen molar-refractivity contribution in [1.82, 2.24) is 9.62 Å². The molecule has 0 unspecified atom stereocenters. The fourth-order valence-corrected chi connectivity index (χ4v) is 5.33.